The third-order valence-electron chi connectivity index (χ3n) is 11.9. The van der Waals surface area contributed by atoms with Gasteiger partial charge in [-0.2, -0.15) is 0 Å². The van der Waals surface area contributed by atoms with Crippen molar-refractivity contribution in [2.24, 2.45) is 0 Å². The molecule has 0 aliphatic heterocycles. The molecule has 0 aliphatic rings. The molecule has 1 atom stereocenters. The van der Waals surface area contributed by atoms with Crippen LogP contribution >= 0.6 is 0 Å². The van der Waals surface area contributed by atoms with Crippen LogP contribution in [-0.4, -0.2) is 37.2 Å². The minimum absolute atomic E-state index is 0.111. The topological polar surface area (TPSA) is 78.9 Å². The molecule has 0 N–H and O–H groups in total. The van der Waals surface area contributed by atoms with E-state index >= 15 is 0 Å². The number of hydrogen-bond donors (Lipinski definition) is 0. The van der Waals surface area contributed by atoms with Crippen LogP contribution in [0.3, 0.4) is 0 Å². The molecule has 0 fully saturated rings. The molecule has 0 radical (unpaired) electrons. The first-order chi connectivity index (χ1) is 35.5. The van der Waals surface area contributed by atoms with E-state index in [1.54, 1.807) is 0 Å². The Labute approximate surface area is 443 Å². The third kappa shape index (κ3) is 56.5. The van der Waals surface area contributed by atoms with Gasteiger partial charge < -0.3 is 14.2 Å². The average Bonchev–Trinajstić information content (AvgIpc) is 3.38. The maximum absolute atomic E-state index is 12.9. The Balaban J connectivity index is 4.47. The van der Waals surface area contributed by atoms with Gasteiger partial charge in [0.25, 0.3) is 0 Å². The highest BCUT2D eigenvalue weighted by Crippen LogP contribution is 2.13. The molecule has 0 spiro atoms. The van der Waals surface area contributed by atoms with Crippen LogP contribution in [0.15, 0.2) is 134 Å². The molecule has 6 heteroatoms. The number of ether oxygens (including phenoxy) is 3. The lowest BCUT2D eigenvalue weighted by molar-refractivity contribution is -0.167. The fourth-order valence-electron chi connectivity index (χ4n) is 7.55. The molecule has 0 aromatic rings. The Morgan fingerprint density at radius 2 is 0.542 bits per heavy atom. The zero-order valence-electron chi connectivity index (χ0n) is 46.4. The van der Waals surface area contributed by atoms with Gasteiger partial charge >= 0.3 is 17.9 Å². The largest absolute Gasteiger partial charge is 0.462 e. The Morgan fingerprint density at radius 3 is 0.875 bits per heavy atom. The second-order valence-electron chi connectivity index (χ2n) is 18.8. The standard InChI is InChI=1S/C66H106O6/c1-4-7-10-13-16-19-22-25-27-29-30-31-32-33-34-35-36-37-39-41-44-47-50-53-56-59-65(68)71-62-63(61-70-64(67)58-55-52-49-46-43-40-24-21-18-15-12-9-6-3)72-66(69)60-57-54-51-48-45-42-38-28-26-23-20-17-14-11-8-5-2/h7,9-10,12,16,18-19,21,25,27-28,30-31,33-34,36-38,40-41,43-44,63H,4-6,8,11,13-15,17,20,22-24,26,29,32,35,39,42,45-62H2,1-3H3/b10-7-,12-9-,19-16-,21-18-,27-25-,31-30-,34-33-,37-36-,38-28-,43-40-,44-41-. The molecular formula is C66H106O6. The van der Waals surface area contributed by atoms with Crippen LogP contribution in [-0.2, 0) is 28.6 Å². The molecule has 6 nitrogen and oxygen atoms in total. The molecule has 0 aromatic carbocycles. The van der Waals surface area contributed by atoms with Crippen molar-refractivity contribution in [3.05, 3.63) is 134 Å². The quantitative estimate of drug-likeness (QED) is 0.0261. The van der Waals surface area contributed by atoms with Gasteiger partial charge in [-0.15, -0.1) is 0 Å². The lowest BCUT2D eigenvalue weighted by Crippen LogP contribution is -2.30. The molecule has 0 saturated carbocycles. The SMILES string of the molecule is CC/C=C\C/C=C\C/C=C\C/C=C\C/C=C\C/C=C\C/C=C\CCCCCC(=O)OCC(COC(=O)CCCCC/C=C\C/C=C\C/C=C\CC)OC(=O)CCCCCCC/C=C\CCCCCCCCC. The summed E-state index contributed by atoms with van der Waals surface area (Å²) in [6.07, 6.45) is 83.0. The summed E-state index contributed by atoms with van der Waals surface area (Å²) in [5, 5.41) is 0. The maximum atomic E-state index is 12.9. The molecule has 0 bridgehead atoms. The van der Waals surface area contributed by atoms with Crippen LogP contribution in [0.1, 0.15) is 245 Å². The van der Waals surface area contributed by atoms with Crippen molar-refractivity contribution in [1.82, 2.24) is 0 Å². The van der Waals surface area contributed by atoms with Gasteiger partial charge in [-0.1, -0.05) is 225 Å². The summed E-state index contributed by atoms with van der Waals surface area (Å²) >= 11 is 0. The Bertz CT molecular complexity index is 1560. The normalized spacial score (nSPS) is 13.1. The van der Waals surface area contributed by atoms with Crippen LogP contribution in [0.2, 0.25) is 0 Å². The minimum atomic E-state index is -0.814. The lowest BCUT2D eigenvalue weighted by Gasteiger charge is -2.18. The Hall–Kier alpha value is -4.45. The number of carbonyl (C=O) groups excluding carboxylic acids is 3. The maximum Gasteiger partial charge on any atom is 0.306 e. The molecule has 72 heavy (non-hydrogen) atoms. The van der Waals surface area contributed by atoms with E-state index in [0.29, 0.717) is 19.3 Å². The van der Waals surface area contributed by atoms with Gasteiger partial charge in [0.2, 0.25) is 0 Å². The van der Waals surface area contributed by atoms with E-state index in [0.717, 1.165) is 148 Å². The number of rotatable bonds is 51. The van der Waals surface area contributed by atoms with Crippen molar-refractivity contribution < 1.29 is 28.6 Å². The van der Waals surface area contributed by atoms with Crippen molar-refractivity contribution in [1.29, 1.82) is 0 Å². The molecule has 406 valence electrons. The second-order valence-corrected chi connectivity index (χ2v) is 18.8. The van der Waals surface area contributed by atoms with E-state index in [2.05, 4.69) is 154 Å². The van der Waals surface area contributed by atoms with Crippen LogP contribution in [0.5, 0.6) is 0 Å². The molecule has 0 aromatic heterocycles. The first-order valence-electron chi connectivity index (χ1n) is 29.2. The minimum Gasteiger partial charge on any atom is -0.462 e. The molecule has 0 amide bonds. The first-order valence-corrected chi connectivity index (χ1v) is 29.2. The number of unbranched alkanes of at least 4 members (excludes halogenated alkanes) is 18. The number of carbonyl (C=O) groups is 3. The Kier molecular flexibility index (Phi) is 55.5. The summed E-state index contributed by atoms with van der Waals surface area (Å²) < 4.78 is 16.8. The van der Waals surface area contributed by atoms with Gasteiger partial charge in [-0.05, 0) is 135 Å². The van der Waals surface area contributed by atoms with Gasteiger partial charge in [0.1, 0.15) is 13.2 Å². The first kappa shape index (κ1) is 67.5. The van der Waals surface area contributed by atoms with Gasteiger partial charge in [0.15, 0.2) is 6.10 Å². The highest BCUT2D eigenvalue weighted by Gasteiger charge is 2.19. The fourth-order valence-corrected chi connectivity index (χ4v) is 7.55. The van der Waals surface area contributed by atoms with E-state index in [-0.39, 0.29) is 31.1 Å². The van der Waals surface area contributed by atoms with Gasteiger partial charge in [0.05, 0.1) is 0 Å². The van der Waals surface area contributed by atoms with Crippen molar-refractivity contribution in [2.75, 3.05) is 13.2 Å². The monoisotopic (exact) mass is 995 g/mol. The fraction of sp³-hybridized carbons (Fsp3) is 0.621. The summed E-state index contributed by atoms with van der Waals surface area (Å²) in [4.78, 5) is 38.1. The molecule has 0 aliphatic carbocycles. The molecule has 1 unspecified atom stereocenters. The van der Waals surface area contributed by atoms with E-state index in [4.69, 9.17) is 14.2 Å². The average molecular weight is 996 g/mol. The third-order valence-corrected chi connectivity index (χ3v) is 11.9. The van der Waals surface area contributed by atoms with Crippen molar-refractivity contribution in [3.8, 4) is 0 Å². The smallest absolute Gasteiger partial charge is 0.306 e. The summed E-state index contributed by atoms with van der Waals surface area (Å²) in [5.74, 6) is -0.984. The lowest BCUT2D eigenvalue weighted by atomic mass is 10.1. The van der Waals surface area contributed by atoms with Crippen LogP contribution in [0, 0.1) is 0 Å². The van der Waals surface area contributed by atoms with Crippen molar-refractivity contribution in [3.63, 3.8) is 0 Å². The number of allylic oxidation sites excluding steroid dienone is 22. The zero-order chi connectivity index (χ0) is 52.2. The molecule has 0 rings (SSSR count). The van der Waals surface area contributed by atoms with Crippen molar-refractivity contribution in [2.45, 2.75) is 252 Å². The van der Waals surface area contributed by atoms with Crippen LogP contribution < -0.4 is 0 Å². The zero-order valence-corrected chi connectivity index (χ0v) is 46.4. The summed E-state index contributed by atoms with van der Waals surface area (Å²) in [6, 6.07) is 0. The summed E-state index contributed by atoms with van der Waals surface area (Å²) in [6.45, 7) is 6.34. The number of esters is 3. The summed E-state index contributed by atoms with van der Waals surface area (Å²) in [5.41, 5.74) is 0. The second kappa shape index (κ2) is 59.1. The molecular weight excluding hydrogens is 889 g/mol. The van der Waals surface area contributed by atoms with Gasteiger partial charge in [-0.25, -0.2) is 0 Å². The van der Waals surface area contributed by atoms with E-state index < -0.39 is 6.10 Å². The summed E-state index contributed by atoms with van der Waals surface area (Å²) in [7, 11) is 0. The highest BCUT2D eigenvalue weighted by molar-refractivity contribution is 5.71. The van der Waals surface area contributed by atoms with Crippen molar-refractivity contribution >= 4 is 17.9 Å². The predicted molar refractivity (Wildman–Crippen MR) is 311 cm³/mol. The van der Waals surface area contributed by atoms with E-state index in [1.807, 2.05) is 0 Å². The van der Waals surface area contributed by atoms with Gasteiger partial charge in [-0.3, -0.25) is 14.4 Å². The van der Waals surface area contributed by atoms with Crippen LogP contribution in [0.4, 0.5) is 0 Å². The van der Waals surface area contributed by atoms with E-state index in [1.165, 1.54) is 57.8 Å². The van der Waals surface area contributed by atoms with Gasteiger partial charge in [0, 0.05) is 19.3 Å². The predicted octanol–water partition coefficient (Wildman–Crippen LogP) is 19.8. The Morgan fingerprint density at radius 1 is 0.292 bits per heavy atom. The molecule has 0 saturated heterocycles. The van der Waals surface area contributed by atoms with Crippen LogP contribution in [0.25, 0.3) is 0 Å². The number of hydrogen-bond acceptors (Lipinski definition) is 6. The van der Waals surface area contributed by atoms with E-state index in [9.17, 15) is 14.4 Å². The molecule has 0 heterocycles. The highest BCUT2D eigenvalue weighted by atomic mass is 16.6.